The molecule has 2 unspecified atom stereocenters. The first-order valence-corrected chi connectivity index (χ1v) is 6.15. The standard InChI is InChI=1S/C12H26N2O/c1-10(11-6-4-5-7-11)13-8-12(15)9-14(2)3/h10-13,15H,4-9H2,1-3H3. The number of likely N-dealkylation sites (N-methyl/N-ethyl adjacent to an activating group) is 1. The van der Waals surface area contributed by atoms with Gasteiger partial charge in [0.1, 0.15) is 0 Å². The van der Waals surface area contributed by atoms with Gasteiger partial charge in [0, 0.05) is 19.1 Å². The number of aliphatic hydroxyl groups is 1. The molecule has 0 heterocycles. The molecule has 0 amide bonds. The molecule has 0 aromatic rings. The van der Waals surface area contributed by atoms with Crippen LogP contribution in [0, 0.1) is 5.92 Å². The maximum Gasteiger partial charge on any atom is 0.0791 e. The molecule has 2 N–H and O–H groups in total. The minimum atomic E-state index is -0.246. The Morgan fingerprint density at radius 3 is 2.47 bits per heavy atom. The molecule has 0 aromatic heterocycles. The fourth-order valence-corrected chi connectivity index (χ4v) is 2.43. The van der Waals surface area contributed by atoms with Crippen molar-refractivity contribution in [1.82, 2.24) is 10.2 Å². The third kappa shape index (κ3) is 4.96. The molecule has 3 nitrogen and oxygen atoms in total. The average Bonchev–Trinajstić information content (AvgIpc) is 2.65. The summed E-state index contributed by atoms with van der Waals surface area (Å²) in [5.41, 5.74) is 0. The Morgan fingerprint density at radius 2 is 1.93 bits per heavy atom. The molecule has 3 heteroatoms. The van der Waals surface area contributed by atoms with Crippen molar-refractivity contribution in [2.75, 3.05) is 27.2 Å². The van der Waals surface area contributed by atoms with Gasteiger partial charge >= 0.3 is 0 Å². The van der Waals surface area contributed by atoms with E-state index in [4.69, 9.17) is 0 Å². The molecule has 0 spiro atoms. The van der Waals surface area contributed by atoms with Crippen LogP contribution in [0.1, 0.15) is 32.6 Å². The van der Waals surface area contributed by atoms with Crippen LogP contribution in [0.2, 0.25) is 0 Å². The van der Waals surface area contributed by atoms with E-state index in [2.05, 4.69) is 12.2 Å². The van der Waals surface area contributed by atoms with Gasteiger partial charge in [-0.3, -0.25) is 0 Å². The van der Waals surface area contributed by atoms with E-state index in [0.717, 1.165) is 19.0 Å². The van der Waals surface area contributed by atoms with Crippen LogP contribution in [0.15, 0.2) is 0 Å². The zero-order valence-electron chi connectivity index (χ0n) is 10.4. The van der Waals surface area contributed by atoms with E-state index >= 15 is 0 Å². The lowest BCUT2D eigenvalue weighted by Gasteiger charge is -2.23. The van der Waals surface area contributed by atoms with Crippen molar-refractivity contribution in [2.24, 2.45) is 5.92 Å². The zero-order chi connectivity index (χ0) is 11.3. The number of hydrogen-bond donors (Lipinski definition) is 2. The first-order chi connectivity index (χ1) is 7.09. The highest BCUT2D eigenvalue weighted by atomic mass is 16.3. The van der Waals surface area contributed by atoms with Crippen LogP contribution < -0.4 is 5.32 Å². The van der Waals surface area contributed by atoms with Crippen molar-refractivity contribution in [3.8, 4) is 0 Å². The Kier molecular flexibility index (Phi) is 5.58. The molecule has 0 aromatic carbocycles. The molecule has 2 atom stereocenters. The summed E-state index contributed by atoms with van der Waals surface area (Å²) in [4.78, 5) is 2.02. The van der Waals surface area contributed by atoms with E-state index in [1.54, 1.807) is 0 Å². The van der Waals surface area contributed by atoms with Gasteiger partial charge in [0.25, 0.3) is 0 Å². The Hall–Kier alpha value is -0.120. The van der Waals surface area contributed by atoms with Crippen molar-refractivity contribution in [3.05, 3.63) is 0 Å². The van der Waals surface area contributed by atoms with Crippen molar-refractivity contribution in [3.63, 3.8) is 0 Å². The van der Waals surface area contributed by atoms with Gasteiger partial charge in [0.2, 0.25) is 0 Å². The topological polar surface area (TPSA) is 35.5 Å². The van der Waals surface area contributed by atoms with Crippen molar-refractivity contribution in [1.29, 1.82) is 0 Å². The number of nitrogens with zero attached hydrogens (tertiary/aromatic N) is 1. The van der Waals surface area contributed by atoms with Crippen molar-refractivity contribution in [2.45, 2.75) is 44.8 Å². The summed E-state index contributed by atoms with van der Waals surface area (Å²) < 4.78 is 0. The van der Waals surface area contributed by atoms with Gasteiger partial charge in [-0.05, 0) is 39.8 Å². The Bertz CT molecular complexity index is 167. The first kappa shape index (κ1) is 12.9. The predicted octanol–water partition coefficient (Wildman–Crippen LogP) is 1.08. The lowest BCUT2D eigenvalue weighted by Crippen LogP contribution is -2.41. The third-order valence-electron chi connectivity index (χ3n) is 3.36. The van der Waals surface area contributed by atoms with E-state index in [-0.39, 0.29) is 6.10 Å². The second kappa shape index (κ2) is 6.46. The van der Waals surface area contributed by atoms with Gasteiger partial charge in [-0.1, -0.05) is 12.8 Å². The summed E-state index contributed by atoms with van der Waals surface area (Å²) in [6.07, 6.45) is 5.24. The number of rotatable bonds is 6. The second-order valence-electron chi connectivity index (χ2n) is 5.16. The highest BCUT2D eigenvalue weighted by Gasteiger charge is 2.21. The average molecular weight is 214 g/mol. The molecule has 1 saturated carbocycles. The Balaban J connectivity index is 2.12. The number of hydrogen-bond acceptors (Lipinski definition) is 3. The van der Waals surface area contributed by atoms with Gasteiger partial charge in [0.05, 0.1) is 6.10 Å². The summed E-state index contributed by atoms with van der Waals surface area (Å²) in [6.45, 7) is 3.71. The van der Waals surface area contributed by atoms with E-state index in [1.165, 1.54) is 25.7 Å². The maximum atomic E-state index is 9.71. The van der Waals surface area contributed by atoms with E-state index in [0.29, 0.717) is 6.04 Å². The second-order valence-corrected chi connectivity index (χ2v) is 5.16. The monoisotopic (exact) mass is 214 g/mol. The largest absolute Gasteiger partial charge is 0.390 e. The zero-order valence-corrected chi connectivity index (χ0v) is 10.4. The molecule has 0 bridgehead atoms. The summed E-state index contributed by atoms with van der Waals surface area (Å²) >= 11 is 0. The van der Waals surface area contributed by atoms with E-state index in [9.17, 15) is 5.11 Å². The molecular formula is C12H26N2O. The predicted molar refractivity (Wildman–Crippen MR) is 64.0 cm³/mol. The number of aliphatic hydroxyl groups excluding tert-OH is 1. The van der Waals surface area contributed by atoms with Crippen LogP contribution in [0.25, 0.3) is 0 Å². The molecule has 1 aliphatic carbocycles. The third-order valence-corrected chi connectivity index (χ3v) is 3.36. The van der Waals surface area contributed by atoms with Crippen molar-refractivity contribution < 1.29 is 5.11 Å². The molecule has 0 aliphatic heterocycles. The molecule has 0 saturated heterocycles. The summed E-state index contributed by atoms with van der Waals surface area (Å²) in [7, 11) is 3.98. The highest BCUT2D eigenvalue weighted by Crippen LogP contribution is 2.27. The van der Waals surface area contributed by atoms with Gasteiger partial charge in [0.15, 0.2) is 0 Å². The molecule has 15 heavy (non-hydrogen) atoms. The van der Waals surface area contributed by atoms with Gasteiger partial charge < -0.3 is 15.3 Å². The minimum absolute atomic E-state index is 0.246. The molecule has 1 rings (SSSR count). The van der Waals surface area contributed by atoms with Crippen LogP contribution >= 0.6 is 0 Å². The normalized spacial score (nSPS) is 22.2. The van der Waals surface area contributed by atoms with Gasteiger partial charge in [-0.2, -0.15) is 0 Å². The minimum Gasteiger partial charge on any atom is -0.390 e. The van der Waals surface area contributed by atoms with Crippen LogP contribution in [0.4, 0.5) is 0 Å². The number of nitrogens with one attached hydrogen (secondary N) is 1. The maximum absolute atomic E-state index is 9.71. The highest BCUT2D eigenvalue weighted by molar-refractivity contribution is 4.78. The molecular weight excluding hydrogens is 188 g/mol. The van der Waals surface area contributed by atoms with E-state index in [1.807, 2.05) is 19.0 Å². The Morgan fingerprint density at radius 1 is 1.33 bits per heavy atom. The Labute approximate surface area is 93.9 Å². The molecule has 90 valence electrons. The van der Waals surface area contributed by atoms with Crippen LogP contribution in [0.3, 0.4) is 0 Å². The van der Waals surface area contributed by atoms with E-state index < -0.39 is 0 Å². The van der Waals surface area contributed by atoms with Crippen LogP contribution in [-0.4, -0.2) is 49.3 Å². The SMILES string of the molecule is CC(NCC(O)CN(C)C)C1CCCC1. The molecule has 1 aliphatic rings. The summed E-state index contributed by atoms with van der Waals surface area (Å²) in [6, 6.07) is 0.560. The fourth-order valence-electron chi connectivity index (χ4n) is 2.43. The van der Waals surface area contributed by atoms with Crippen LogP contribution in [0.5, 0.6) is 0 Å². The smallest absolute Gasteiger partial charge is 0.0791 e. The molecule has 1 fully saturated rings. The van der Waals surface area contributed by atoms with Crippen molar-refractivity contribution >= 4 is 0 Å². The summed E-state index contributed by atoms with van der Waals surface area (Å²) in [5, 5.41) is 13.2. The quantitative estimate of drug-likeness (QED) is 0.694. The van der Waals surface area contributed by atoms with Gasteiger partial charge in [-0.15, -0.1) is 0 Å². The molecule has 0 radical (unpaired) electrons. The summed E-state index contributed by atoms with van der Waals surface area (Å²) in [5.74, 6) is 0.830. The van der Waals surface area contributed by atoms with Gasteiger partial charge in [-0.25, -0.2) is 0 Å². The lowest BCUT2D eigenvalue weighted by molar-refractivity contribution is 0.129. The lowest BCUT2D eigenvalue weighted by atomic mass is 10.00. The fraction of sp³-hybridized carbons (Fsp3) is 1.00. The van der Waals surface area contributed by atoms with Crippen LogP contribution in [-0.2, 0) is 0 Å². The first-order valence-electron chi connectivity index (χ1n) is 6.15.